The highest BCUT2D eigenvalue weighted by Gasteiger charge is 2.17. The van der Waals surface area contributed by atoms with Crippen LogP contribution in [0.15, 0.2) is 54.9 Å². The van der Waals surface area contributed by atoms with Gasteiger partial charge in [0.15, 0.2) is 4.96 Å². The summed E-state index contributed by atoms with van der Waals surface area (Å²) in [5.74, 6) is 0.454. The Hall–Kier alpha value is -2.34. The highest BCUT2D eigenvalue weighted by atomic mass is 35.5. The van der Waals surface area contributed by atoms with Crippen LogP contribution in [0.5, 0.6) is 0 Å². The minimum Gasteiger partial charge on any atom is -0.346 e. The van der Waals surface area contributed by atoms with E-state index in [-0.39, 0.29) is 12.5 Å². The van der Waals surface area contributed by atoms with E-state index >= 15 is 0 Å². The van der Waals surface area contributed by atoms with Crippen molar-refractivity contribution in [3.8, 4) is 10.4 Å². The second-order valence-electron chi connectivity index (χ2n) is 8.25. The molecule has 0 atom stereocenters. The summed E-state index contributed by atoms with van der Waals surface area (Å²) >= 11 is 13.9. The molecule has 0 unspecified atom stereocenters. The molecule has 2 aromatic heterocycles. The van der Waals surface area contributed by atoms with E-state index in [1.54, 1.807) is 35.7 Å². The van der Waals surface area contributed by atoms with Crippen molar-refractivity contribution in [2.24, 2.45) is 0 Å². The van der Waals surface area contributed by atoms with Crippen LogP contribution in [0.25, 0.3) is 15.4 Å². The Morgan fingerprint density at radius 1 is 1.03 bits per heavy atom. The number of carbonyl (C=O) groups excluding carboxylic acids is 1. The van der Waals surface area contributed by atoms with Crippen LogP contribution in [0.3, 0.4) is 0 Å². The van der Waals surface area contributed by atoms with E-state index in [0.29, 0.717) is 27.2 Å². The number of rotatable bonds is 5. The Bertz CT molecular complexity index is 1200. The third-order valence-electron chi connectivity index (χ3n) is 6.15. The molecule has 4 nitrogen and oxygen atoms in total. The SMILES string of the molecule is O=C(NCc1c(Cl)cccc1Cl)c1cn2cc(-c3ccc(C4CCCCC4)cc3)sc2n1. The Morgan fingerprint density at radius 3 is 2.44 bits per heavy atom. The fraction of sp³-hybridized carbons (Fsp3) is 0.280. The van der Waals surface area contributed by atoms with E-state index in [9.17, 15) is 4.79 Å². The summed E-state index contributed by atoms with van der Waals surface area (Å²) in [5.41, 5.74) is 3.70. The van der Waals surface area contributed by atoms with Gasteiger partial charge in [0.25, 0.3) is 5.91 Å². The van der Waals surface area contributed by atoms with Gasteiger partial charge in [0.05, 0.1) is 4.88 Å². The molecule has 1 fully saturated rings. The highest BCUT2D eigenvalue weighted by molar-refractivity contribution is 7.20. The molecule has 0 bridgehead atoms. The molecule has 0 radical (unpaired) electrons. The lowest BCUT2D eigenvalue weighted by Crippen LogP contribution is -2.23. The largest absolute Gasteiger partial charge is 0.346 e. The van der Waals surface area contributed by atoms with Gasteiger partial charge in [-0.3, -0.25) is 9.20 Å². The Balaban J connectivity index is 1.28. The second kappa shape index (κ2) is 9.26. The predicted molar refractivity (Wildman–Crippen MR) is 132 cm³/mol. The molecule has 7 heteroatoms. The third kappa shape index (κ3) is 4.42. The third-order valence-corrected chi connectivity index (χ3v) is 7.90. The monoisotopic (exact) mass is 483 g/mol. The lowest BCUT2D eigenvalue weighted by atomic mass is 9.84. The van der Waals surface area contributed by atoms with Gasteiger partial charge in [0, 0.05) is 34.5 Å². The lowest BCUT2D eigenvalue weighted by molar-refractivity contribution is 0.0946. The minimum absolute atomic E-state index is 0.251. The summed E-state index contributed by atoms with van der Waals surface area (Å²) in [4.78, 5) is 19.0. The Morgan fingerprint density at radius 2 is 1.75 bits per heavy atom. The van der Waals surface area contributed by atoms with Crippen LogP contribution >= 0.6 is 34.5 Å². The number of aromatic nitrogens is 2. The van der Waals surface area contributed by atoms with Crippen LogP contribution in [0.4, 0.5) is 0 Å². The summed E-state index contributed by atoms with van der Waals surface area (Å²) in [7, 11) is 0. The summed E-state index contributed by atoms with van der Waals surface area (Å²) in [6.45, 7) is 0.251. The molecule has 2 aromatic carbocycles. The van der Waals surface area contributed by atoms with Crippen LogP contribution in [0.2, 0.25) is 10.0 Å². The topological polar surface area (TPSA) is 46.4 Å². The number of halogens is 2. The number of carbonyl (C=O) groups is 1. The number of hydrogen-bond donors (Lipinski definition) is 1. The number of imidazole rings is 1. The van der Waals surface area contributed by atoms with Crippen LogP contribution < -0.4 is 5.32 Å². The first-order chi connectivity index (χ1) is 15.6. The zero-order valence-corrected chi connectivity index (χ0v) is 19.8. The van der Waals surface area contributed by atoms with Crippen LogP contribution in [0, 0.1) is 0 Å². The Labute approximate surface area is 201 Å². The van der Waals surface area contributed by atoms with Crippen molar-refractivity contribution >= 4 is 45.4 Å². The summed E-state index contributed by atoms with van der Waals surface area (Å²) in [6, 6.07) is 14.2. The quantitative estimate of drug-likeness (QED) is 0.322. The van der Waals surface area contributed by atoms with Gasteiger partial charge in [-0.05, 0) is 42.0 Å². The number of thiazole rings is 1. The maximum atomic E-state index is 12.6. The van der Waals surface area contributed by atoms with Gasteiger partial charge in [-0.2, -0.15) is 0 Å². The average Bonchev–Trinajstić information content (AvgIpc) is 3.39. The number of hydrogen-bond acceptors (Lipinski definition) is 3. The zero-order chi connectivity index (χ0) is 22.1. The number of amides is 1. The molecule has 5 rings (SSSR count). The van der Waals surface area contributed by atoms with Crippen LogP contribution in [-0.2, 0) is 6.54 Å². The molecule has 0 spiro atoms. The van der Waals surface area contributed by atoms with Gasteiger partial charge in [-0.15, -0.1) is 0 Å². The first-order valence-electron chi connectivity index (χ1n) is 10.9. The van der Waals surface area contributed by atoms with Crippen molar-refractivity contribution < 1.29 is 4.79 Å². The van der Waals surface area contributed by atoms with Crippen molar-refractivity contribution in [2.45, 2.75) is 44.6 Å². The first-order valence-corrected chi connectivity index (χ1v) is 12.5. The van der Waals surface area contributed by atoms with Crippen molar-refractivity contribution in [1.82, 2.24) is 14.7 Å². The number of nitrogens with zero attached hydrogens (tertiary/aromatic N) is 2. The van der Waals surface area contributed by atoms with E-state index in [1.807, 2.05) is 10.6 Å². The van der Waals surface area contributed by atoms with E-state index in [2.05, 4.69) is 34.6 Å². The summed E-state index contributed by atoms with van der Waals surface area (Å²) < 4.78 is 1.91. The molecule has 1 amide bonds. The number of fused-ring (bicyclic) bond motifs is 1. The molecule has 1 saturated carbocycles. The average molecular weight is 484 g/mol. The van der Waals surface area contributed by atoms with Crippen molar-refractivity contribution in [3.05, 3.63) is 81.7 Å². The second-order valence-corrected chi connectivity index (χ2v) is 10.1. The van der Waals surface area contributed by atoms with Crippen molar-refractivity contribution in [2.75, 3.05) is 0 Å². The molecule has 1 aliphatic rings. The summed E-state index contributed by atoms with van der Waals surface area (Å²) in [5, 5.41) is 3.91. The van der Waals surface area contributed by atoms with Gasteiger partial charge in [0.2, 0.25) is 0 Å². The van der Waals surface area contributed by atoms with E-state index in [1.165, 1.54) is 43.2 Å². The van der Waals surface area contributed by atoms with Crippen LogP contribution in [0.1, 0.15) is 59.6 Å². The standard InChI is InChI=1S/C25H23Cl2N3OS/c26-20-7-4-8-21(27)19(20)13-28-24(31)22-14-30-15-23(32-25(30)29-22)18-11-9-17(10-12-18)16-5-2-1-3-6-16/h4,7-12,14-16H,1-3,5-6,13H2,(H,28,31). The minimum atomic E-state index is -0.254. The van der Waals surface area contributed by atoms with E-state index < -0.39 is 0 Å². The van der Waals surface area contributed by atoms with Crippen molar-refractivity contribution in [3.63, 3.8) is 0 Å². The normalized spacial score (nSPS) is 14.7. The molecule has 1 N–H and O–H groups in total. The molecule has 164 valence electrons. The molecular formula is C25H23Cl2N3OS. The summed E-state index contributed by atoms with van der Waals surface area (Å²) in [6.07, 6.45) is 10.5. The maximum absolute atomic E-state index is 12.6. The van der Waals surface area contributed by atoms with Gasteiger partial charge in [-0.25, -0.2) is 4.98 Å². The Kier molecular flexibility index (Phi) is 6.22. The highest BCUT2D eigenvalue weighted by Crippen LogP contribution is 2.35. The lowest BCUT2D eigenvalue weighted by Gasteiger charge is -2.22. The smallest absolute Gasteiger partial charge is 0.271 e. The van der Waals surface area contributed by atoms with Gasteiger partial charge in [0.1, 0.15) is 5.69 Å². The molecule has 4 aromatic rings. The van der Waals surface area contributed by atoms with Gasteiger partial charge < -0.3 is 5.32 Å². The predicted octanol–water partition coefficient (Wildman–Crippen LogP) is 7.35. The van der Waals surface area contributed by atoms with Crippen LogP contribution in [-0.4, -0.2) is 15.3 Å². The molecule has 32 heavy (non-hydrogen) atoms. The molecular weight excluding hydrogens is 461 g/mol. The molecule has 0 aliphatic heterocycles. The molecule has 0 saturated heterocycles. The molecule has 2 heterocycles. The van der Waals surface area contributed by atoms with E-state index in [0.717, 1.165) is 9.84 Å². The van der Waals surface area contributed by atoms with Gasteiger partial charge >= 0.3 is 0 Å². The maximum Gasteiger partial charge on any atom is 0.271 e. The number of nitrogens with one attached hydrogen (secondary N) is 1. The zero-order valence-electron chi connectivity index (χ0n) is 17.5. The van der Waals surface area contributed by atoms with E-state index in [4.69, 9.17) is 23.2 Å². The van der Waals surface area contributed by atoms with Gasteiger partial charge in [-0.1, -0.05) is 84.1 Å². The number of benzene rings is 2. The molecule has 1 aliphatic carbocycles. The fourth-order valence-corrected chi connectivity index (χ4v) is 5.86. The van der Waals surface area contributed by atoms with Crippen molar-refractivity contribution in [1.29, 1.82) is 0 Å². The first kappa shape index (κ1) is 21.5. The fourth-order valence-electron chi connectivity index (χ4n) is 4.35.